The maximum absolute atomic E-state index is 12.3. The molecule has 2 rings (SSSR count). The number of hydrogen-bond donors (Lipinski definition) is 2. The van der Waals surface area contributed by atoms with Gasteiger partial charge in [-0.05, 0) is 31.7 Å². The number of aryl methyl sites for hydroxylation is 1. The van der Waals surface area contributed by atoms with Gasteiger partial charge in [0.15, 0.2) is 0 Å². The average molecular weight is 264 g/mol. The summed E-state index contributed by atoms with van der Waals surface area (Å²) in [5.41, 5.74) is 1.78. The van der Waals surface area contributed by atoms with Crippen molar-refractivity contribution in [1.82, 2.24) is 5.32 Å². The van der Waals surface area contributed by atoms with E-state index in [4.69, 9.17) is 9.47 Å². The number of hydrogen-bond acceptors (Lipinski definition) is 4. The molecule has 1 aliphatic rings. The fourth-order valence-corrected chi connectivity index (χ4v) is 2.24. The fourth-order valence-electron chi connectivity index (χ4n) is 2.24. The SMILES string of the molecule is CNC1COCC1C(=O)Nc1cc(C)ccc1OC. The molecule has 0 aromatic heterocycles. The van der Waals surface area contributed by atoms with Gasteiger partial charge in [-0.3, -0.25) is 4.79 Å². The van der Waals surface area contributed by atoms with Crippen molar-refractivity contribution < 1.29 is 14.3 Å². The molecule has 0 radical (unpaired) electrons. The molecule has 1 saturated heterocycles. The number of carbonyl (C=O) groups excluding carboxylic acids is 1. The monoisotopic (exact) mass is 264 g/mol. The van der Waals surface area contributed by atoms with E-state index in [2.05, 4.69) is 10.6 Å². The Morgan fingerprint density at radius 1 is 1.42 bits per heavy atom. The van der Waals surface area contributed by atoms with Gasteiger partial charge in [0.1, 0.15) is 5.75 Å². The van der Waals surface area contributed by atoms with E-state index in [1.165, 1.54) is 0 Å². The zero-order valence-electron chi connectivity index (χ0n) is 11.5. The summed E-state index contributed by atoms with van der Waals surface area (Å²) in [7, 11) is 3.43. The molecule has 1 aliphatic heterocycles. The number of benzene rings is 1. The number of amides is 1. The lowest BCUT2D eigenvalue weighted by Gasteiger charge is -2.17. The fraction of sp³-hybridized carbons (Fsp3) is 0.500. The van der Waals surface area contributed by atoms with Crippen LogP contribution in [-0.4, -0.2) is 39.3 Å². The first-order valence-corrected chi connectivity index (χ1v) is 6.36. The number of rotatable bonds is 4. The Bertz CT molecular complexity index is 462. The Kier molecular flexibility index (Phi) is 4.39. The van der Waals surface area contributed by atoms with Crippen LogP contribution in [0.25, 0.3) is 0 Å². The Morgan fingerprint density at radius 2 is 2.21 bits per heavy atom. The Labute approximate surface area is 113 Å². The molecule has 0 spiro atoms. The van der Waals surface area contributed by atoms with Crippen LogP contribution in [-0.2, 0) is 9.53 Å². The second-order valence-electron chi connectivity index (χ2n) is 4.73. The zero-order chi connectivity index (χ0) is 13.8. The molecule has 0 aliphatic carbocycles. The lowest BCUT2D eigenvalue weighted by Crippen LogP contribution is -2.39. The van der Waals surface area contributed by atoms with Gasteiger partial charge in [0, 0.05) is 6.04 Å². The van der Waals surface area contributed by atoms with Crippen LogP contribution < -0.4 is 15.4 Å². The van der Waals surface area contributed by atoms with Crippen LogP contribution in [0.2, 0.25) is 0 Å². The van der Waals surface area contributed by atoms with Gasteiger partial charge in [0.2, 0.25) is 5.91 Å². The molecule has 5 nitrogen and oxygen atoms in total. The van der Waals surface area contributed by atoms with E-state index in [-0.39, 0.29) is 17.9 Å². The van der Waals surface area contributed by atoms with Gasteiger partial charge < -0.3 is 20.1 Å². The van der Waals surface area contributed by atoms with Gasteiger partial charge in [-0.1, -0.05) is 6.07 Å². The van der Waals surface area contributed by atoms with E-state index >= 15 is 0 Å². The lowest BCUT2D eigenvalue weighted by atomic mass is 10.0. The van der Waals surface area contributed by atoms with Crippen LogP contribution in [0.1, 0.15) is 5.56 Å². The van der Waals surface area contributed by atoms with Crippen LogP contribution in [0.5, 0.6) is 5.75 Å². The lowest BCUT2D eigenvalue weighted by molar-refractivity contribution is -0.120. The number of methoxy groups -OCH3 is 1. The number of likely N-dealkylation sites (N-methyl/N-ethyl adjacent to an activating group) is 1. The molecule has 0 saturated carbocycles. The van der Waals surface area contributed by atoms with Crippen molar-refractivity contribution >= 4 is 11.6 Å². The van der Waals surface area contributed by atoms with Gasteiger partial charge in [-0.25, -0.2) is 0 Å². The van der Waals surface area contributed by atoms with Crippen molar-refractivity contribution in [1.29, 1.82) is 0 Å². The molecule has 1 amide bonds. The van der Waals surface area contributed by atoms with Crippen molar-refractivity contribution in [3.05, 3.63) is 23.8 Å². The summed E-state index contributed by atoms with van der Waals surface area (Å²) in [6, 6.07) is 5.77. The van der Waals surface area contributed by atoms with Crippen LogP contribution in [0.15, 0.2) is 18.2 Å². The quantitative estimate of drug-likeness (QED) is 0.857. The van der Waals surface area contributed by atoms with Gasteiger partial charge >= 0.3 is 0 Å². The topological polar surface area (TPSA) is 59.6 Å². The van der Waals surface area contributed by atoms with Crippen molar-refractivity contribution in [2.75, 3.05) is 32.7 Å². The Balaban J connectivity index is 2.12. The molecule has 1 aromatic carbocycles. The largest absolute Gasteiger partial charge is 0.495 e. The molecule has 1 fully saturated rings. The standard InChI is InChI=1S/C14H20N2O3/c1-9-4-5-13(18-3)11(6-9)16-14(17)10-7-19-8-12(10)15-2/h4-6,10,12,15H,7-8H2,1-3H3,(H,16,17). The first-order valence-electron chi connectivity index (χ1n) is 6.36. The van der Waals surface area contributed by atoms with Gasteiger partial charge in [-0.15, -0.1) is 0 Å². The summed E-state index contributed by atoms with van der Waals surface area (Å²) < 4.78 is 10.6. The third-order valence-electron chi connectivity index (χ3n) is 3.40. The minimum Gasteiger partial charge on any atom is -0.495 e. The van der Waals surface area contributed by atoms with Crippen LogP contribution in [0.4, 0.5) is 5.69 Å². The number of carbonyl (C=O) groups is 1. The van der Waals surface area contributed by atoms with Gasteiger partial charge in [0.25, 0.3) is 0 Å². The molecule has 19 heavy (non-hydrogen) atoms. The van der Waals surface area contributed by atoms with Crippen LogP contribution >= 0.6 is 0 Å². The smallest absolute Gasteiger partial charge is 0.231 e. The van der Waals surface area contributed by atoms with E-state index in [1.807, 2.05) is 32.2 Å². The molecule has 1 heterocycles. The third kappa shape index (κ3) is 3.05. The highest BCUT2D eigenvalue weighted by Gasteiger charge is 2.33. The van der Waals surface area contributed by atoms with Crippen LogP contribution in [0.3, 0.4) is 0 Å². The van der Waals surface area contributed by atoms with Gasteiger partial charge in [-0.2, -0.15) is 0 Å². The predicted molar refractivity (Wildman–Crippen MR) is 73.5 cm³/mol. The Hall–Kier alpha value is -1.59. The van der Waals surface area contributed by atoms with Crippen molar-refractivity contribution in [3.63, 3.8) is 0 Å². The number of anilines is 1. The summed E-state index contributed by atoms with van der Waals surface area (Å²) in [5, 5.41) is 6.03. The minimum atomic E-state index is -0.171. The van der Waals surface area contributed by atoms with E-state index in [0.29, 0.717) is 24.7 Å². The molecule has 104 valence electrons. The summed E-state index contributed by atoms with van der Waals surface area (Å²) in [6.07, 6.45) is 0. The van der Waals surface area contributed by atoms with Gasteiger partial charge in [0.05, 0.1) is 31.9 Å². The second-order valence-corrected chi connectivity index (χ2v) is 4.73. The molecule has 1 aromatic rings. The summed E-state index contributed by atoms with van der Waals surface area (Å²) in [5.74, 6) is 0.454. The highest BCUT2D eigenvalue weighted by Crippen LogP contribution is 2.26. The zero-order valence-corrected chi connectivity index (χ0v) is 11.5. The molecule has 2 atom stereocenters. The molecule has 2 unspecified atom stereocenters. The van der Waals surface area contributed by atoms with E-state index < -0.39 is 0 Å². The maximum atomic E-state index is 12.3. The molecule has 0 bridgehead atoms. The highest BCUT2D eigenvalue weighted by molar-refractivity contribution is 5.94. The predicted octanol–water partition coefficient (Wildman–Crippen LogP) is 1.18. The minimum absolute atomic E-state index is 0.0410. The molecule has 5 heteroatoms. The van der Waals surface area contributed by atoms with Crippen LogP contribution in [0, 0.1) is 12.8 Å². The second kappa shape index (κ2) is 6.04. The summed E-state index contributed by atoms with van der Waals surface area (Å²) in [4.78, 5) is 12.3. The first-order chi connectivity index (χ1) is 9.15. The summed E-state index contributed by atoms with van der Waals surface area (Å²) >= 11 is 0. The molecule has 2 N–H and O–H groups in total. The van der Waals surface area contributed by atoms with Crippen molar-refractivity contribution in [2.45, 2.75) is 13.0 Å². The molecular formula is C14H20N2O3. The van der Waals surface area contributed by atoms with E-state index in [1.54, 1.807) is 7.11 Å². The Morgan fingerprint density at radius 3 is 2.89 bits per heavy atom. The normalized spacial score (nSPS) is 22.3. The van der Waals surface area contributed by atoms with Crippen molar-refractivity contribution in [3.8, 4) is 5.75 Å². The highest BCUT2D eigenvalue weighted by atomic mass is 16.5. The van der Waals surface area contributed by atoms with Crippen molar-refractivity contribution in [2.24, 2.45) is 5.92 Å². The maximum Gasteiger partial charge on any atom is 0.231 e. The average Bonchev–Trinajstić information content (AvgIpc) is 2.87. The molecular weight excluding hydrogens is 244 g/mol. The number of nitrogens with one attached hydrogen (secondary N) is 2. The summed E-state index contributed by atoms with van der Waals surface area (Å²) in [6.45, 7) is 3.00. The first kappa shape index (κ1) is 13.8. The third-order valence-corrected chi connectivity index (χ3v) is 3.40. The van der Waals surface area contributed by atoms with E-state index in [0.717, 1.165) is 5.56 Å². The number of ether oxygens (including phenoxy) is 2. The van der Waals surface area contributed by atoms with E-state index in [9.17, 15) is 4.79 Å².